The van der Waals surface area contributed by atoms with E-state index in [-0.39, 0.29) is 6.54 Å². The number of aromatic nitrogens is 2. The molecule has 0 aliphatic heterocycles. The van der Waals surface area contributed by atoms with E-state index >= 15 is 0 Å². The van der Waals surface area contributed by atoms with E-state index in [0.717, 1.165) is 10.6 Å². The standard InChI is InChI=1S/C9H9N3O3/c10-4-9(1-2-9)5-12-7(14)3-6(13)11-8(12)15/h3,14H,1-2,5H2,(H,11,13,15). The Kier molecular flexibility index (Phi) is 1.89. The summed E-state index contributed by atoms with van der Waals surface area (Å²) in [5, 5.41) is 18.2. The van der Waals surface area contributed by atoms with Crippen molar-refractivity contribution in [3.05, 3.63) is 26.9 Å². The highest BCUT2D eigenvalue weighted by Gasteiger charge is 2.44. The van der Waals surface area contributed by atoms with Crippen molar-refractivity contribution in [3.8, 4) is 11.9 Å². The summed E-state index contributed by atoms with van der Waals surface area (Å²) in [5.41, 5.74) is -1.86. The molecular formula is C9H9N3O3. The third-order valence-electron chi connectivity index (χ3n) is 2.56. The van der Waals surface area contributed by atoms with Crippen LogP contribution in [0.15, 0.2) is 15.7 Å². The minimum absolute atomic E-state index is 0.130. The van der Waals surface area contributed by atoms with E-state index in [1.165, 1.54) is 0 Å². The molecule has 1 aliphatic carbocycles. The monoisotopic (exact) mass is 207 g/mol. The van der Waals surface area contributed by atoms with Crippen molar-refractivity contribution in [2.24, 2.45) is 5.41 Å². The lowest BCUT2D eigenvalue weighted by Gasteiger charge is -2.09. The van der Waals surface area contributed by atoms with Gasteiger partial charge in [0.05, 0.1) is 17.6 Å². The van der Waals surface area contributed by atoms with Crippen molar-refractivity contribution < 1.29 is 5.11 Å². The number of hydrogen-bond donors (Lipinski definition) is 2. The van der Waals surface area contributed by atoms with Crippen LogP contribution in [0, 0.1) is 16.7 Å². The van der Waals surface area contributed by atoms with Crippen LogP contribution < -0.4 is 11.2 Å². The van der Waals surface area contributed by atoms with Crippen molar-refractivity contribution in [1.82, 2.24) is 9.55 Å². The second-order valence-electron chi connectivity index (χ2n) is 3.78. The number of nitrogens with zero attached hydrogens (tertiary/aromatic N) is 2. The SMILES string of the molecule is N#CC1(Cn2c(O)cc(=O)[nH]c2=O)CC1. The molecule has 0 amide bonds. The maximum absolute atomic E-state index is 11.3. The molecule has 1 fully saturated rings. The highest BCUT2D eigenvalue weighted by molar-refractivity contribution is 5.13. The minimum atomic E-state index is -0.679. The summed E-state index contributed by atoms with van der Waals surface area (Å²) in [6.07, 6.45) is 1.43. The van der Waals surface area contributed by atoms with Crippen molar-refractivity contribution in [3.63, 3.8) is 0 Å². The Bertz CT molecular complexity index is 545. The van der Waals surface area contributed by atoms with Crippen LogP contribution in [0.4, 0.5) is 0 Å². The van der Waals surface area contributed by atoms with Gasteiger partial charge in [-0.15, -0.1) is 0 Å². The molecule has 0 unspecified atom stereocenters. The Hall–Kier alpha value is -2.03. The van der Waals surface area contributed by atoms with Gasteiger partial charge in [-0.1, -0.05) is 0 Å². The van der Waals surface area contributed by atoms with E-state index < -0.39 is 22.5 Å². The summed E-state index contributed by atoms with van der Waals surface area (Å²) in [6, 6.07) is 3.03. The molecule has 1 aliphatic rings. The Balaban J connectivity index is 2.42. The smallest absolute Gasteiger partial charge is 0.331 e. The summed E-state index contributed by atoms with van der Waals surface area (Å²) < 4.78 is 1.01. The zero-order valence-corrected chi connectivity index (χ0v) is 7.86. The number of aromatic amines is 1. The molecule has 2 rings (SSSR count). The maximum Gasteiger partial charge on any atom is 0.331 e. The molecule has 0 saturated heterocycles. The Morgan fingerprint density at radius 1 is 1.60 bits per heavy atom. The third-order valence-corrected chi connectivity index (χ3v) is 2.56. The van der Waals surface area contributed by atoms with Crippen LogP contribution in [0.25, 0.3) is 0 Å². The van der Waals surface area contributed by atoms with E-state index in [1.54, 1.807) is 0 Å². The molecule has 0 radical (unpaired) electrons. The molecule has 78 valence electrons. The van der Waals surface area contributed by atoms with Gasteiger partial charge in [0.2, 0.25) is 5.88 Å². The van der Waals surface area contributed by atoms with Crippen LogP contribution in [0.5, 0.6) is 5.88 Å². The van der Waals surface area contributed by atoms with Crippen LogP contribution >= 0.6 is 0 Å². The van der Waals surface area contributed by atoms with Crippen LogP contribution in [-0.4, -0.2) is 14.7 Å². The van der Waals surface area contributed by atoms with Crippen LogP contribution in [0.2, 0.25) is 0 Å². The van der Waals surface area contributed by atoms with Crippen LogP contribution in [0.3, 0.4) is 0 Å². The molecule has 0 aromatic carbocycles. The van der Waals surface area contributed by atoms with Gasteiger partial charge in [0.15, 0.2) is 0 Å². The minimum Gasteiger partial charge on any atom is -0.494 e. The molecule has 15 heavy (non-hydrogen) atoms. The zero-order chi connectivity index (χ0) is 11.1. The number of nitrogens with one attached hydrogen (secondary N) is 1. The number of nitriles is 1. The fourth-order valence-corrected chi connectivity index (χ4v) is 1.42. The normalized spacial score (nSPS) is 17.0. The second-order valence-corrected chi connectivity index (χ2v) is 3.78. The first kappa shape index (κ1) is 9.52. The molecule has 1 aromatic rings. The Labute approximate surface area is 84.4 Å². The van der Waals surface area contributed by atoms with E-state index in [0.29, 0.717) is 12.8 Å². The quantitative estimate of drug-likeness (QED) is 0.685. The highest BCUT2D eigenvalue weighted by Crippen LogP contribution is 2.46. The predicted molar refractivity (Wildman–Crippen MR) is 50.3 cm³/mol. The molecular weight excluding hydrogens is 198 g/mol. The summed E-state index contributed by atoms with van der Waals surface area (Å²) in [4.78, 5) is 24.2. The van der Waals surface area contributed by atoms with Gasteiger partial charge in [0.25, 0.3) is 5.56 Å². The van der Waals surface area contributed by atoms with E-state index in [4.69, 9.17) is 5.26 Å². The van der Waals surface area contributed by atoms with E-state index in [2.05, 4.69) is 6.07 Å². The van der Waals surface area contributed by atoms with Gasteiger partial charge in [-0.2, -0.15) is 5.26 Å². The molecule has 1 saturated carbocycles. The molecule has 0 spiro atoms. The fraction of sp³-hybridized carbons (Fsp3) is 0.444. The van der Waals surface area contributed by atoms with Crippen molar-refractivity contribution in [2.45, 2.75) is 19.4 Å². The summed E-state index contributed by atoms with van der Waals surface area (Å²) in [5.74, 6) is -0.398. The van der Waals surface area contributed by atoms with Crippen molar-refractivity contribution in [1.29, 1.82) is 5.26 Å². The fourth-order valence-electron chi connectivity index (χ4n) is 1.42. The first-order valence-electron chi connectivity index (χ1n) is 4.51. The Morgan fingerprint density at radius 2 is 2.27 bits per heavy atom. The third kappa shape index (κ3) is 1.64. The highest BCUT2D eigenvalue weighted by atomic mass is 16.3. The number of rotatable bonds is 2. The lowest BCUT2D eigenvalue weighted by Crippen LogP contribution is -2.31. The van der Waals surface area contributed by atoms with Crippen LogP contribution in [-0.2, 0) is 6.54 Å². The van der Waals surface area contributed by atoms with E-state index in [1.807, 2.05) is 4.98 Å². The second kappa shape index (κ2) is 2.98. The maximum atomic E-state index is 11.3. The van der Waals surface area contributed by atoms with Gasteiger partial charge in [-0.25, -0.2) is 4.79 Å². The molecule has 1 heterocycles. The molecule has 0 atom stereocenters. The van der Waals surface area contributed by atoms with Gasteiger partial charge in [-0.05, 0) is 12.8 Å². The van der Waals surface area contributed by atoms with Gasteiger partial charge in [-0.3, -0.25) is 14.3 Å². The van der Waals surface area contributed by atoms with Crippen molar-refractivity contribution >= 4 is 0 Å². The molecule has 2 N–H and O–H groups in total. The average molecular weight is 207 g/mol. The van der Waals surface area contributed by atoms with Gasteiger partial charge < -0.3 is 5.11 Å². The van der Waals surface area contributed by atoms with Gasteiger partial charge in [0.1, 0.15) is 0 Å². The van der Waals surface area contributed by atoms with Gasteiger partial charge in [0, 0.05) is 6.54 Å². The number of hydrogen-bond acceptors (Lipinski definition) is 4. The number of aromatic hydroxyl groups is 1. The zero-order valence-electron chi connectivity index (χ0n) is 7.86. The van der Waals surface area contributed by atoms with Crippen LogP contribution in [0.1, 0.15) is 12.8 Å². The van der Waals surface area contributed by atoms with Crippen molar-refractivity contribution in [2.75, 3.05) is 0 Å². The summed E-state index contributed by atoms with van der Waals surface area (Å²) in [6.45, 7) is 0.130. The molecule has 6 heteroatoms. The first-order chi connectivity index (χ1) is 7.06. The Morgan fingerprint density at radius 3 is 2.73 bits per heavy atom. The van der Waals surface area contributed by atoms with Gasteiger partial charge >= 0.3 is 5.69 Å². The molecule has 0 bridgehead atoms. The topological polar surface area (TPSA) is 98.9 Å². The summed E-state index contributed by atoms with van der Waals surface area (Å²) in [7, 11) is 0. The molecule has 1 aromatic heterocycles. The van der Waals surface area contributed by atoms with E-state index in [9.17, 15) is 14.7 Å². The summed E-state index contributed by atoms with van der Waals surface area (Å²) >= 11 is 0. The lowest BCUT2D eigenvalue weighted by atomic mass is 10.1. The largest absolute Gasteiger partial charge is 0.494 e. The average Bonchev–Trinajstić information content (AvgIpc) is 2.92. The molecule has 6 nitrogen and oxygen atoms in total. The first-order valence-corrected chi connectivity index (χ1v) is 4.51. The lowest BCUT2D eigenvalue weighted by molar-refractivity contribution is 0.376. The number of H-pyrrole nitrogens is 1. The predicted octanol–water partition coefficient (Wildman–Crippen LogP) is -0.454.